The topological polar surface area (TPSA) is 51.9 Å². The lowest BCUT2D eigenvalue weighted by Gasteiger charge is -2.22. The number of furan rings is 1. The van der Waals surface area contributed by atoms with Crippen LogP contribution in [0.2, 0.25) is 0 Å². The smallest absolute Gasteiger partial charge is 0.231 e. The lowest BCUT2D eigenvalue weighted by atomic mass is 10.1. The second-order valence-electron chi connectivity index (χ2n) is 6.49. The Morgan fingerprint density at radius 1 is 0.926 bits per heavy atom. The first-order chi connectivity index (χ1) is 13.3. The van der Waals surface area contributed by atoms with Gasteiger partial charge >= 0.3 is 0 Å². The number of carbonyl (C=O) groups excluding carboxylic acids is 1. The number of hydrogen-bond acceptors (Lipinski definition) is 4. The highest BCUT2D eigenvalue weighted by molar-refractivity contribution is 5.79. The zero-order valence-corrected chi connectivity index (χ0v) is 15.0. The first kappa shape index (κ1) is 17.2. The Morgan fingerprint density at radius 3 is 2.59 bits per heavy atom. The molecule has 5 nitrogen and oxygen atoms in total. The maximum atomic E-state index is 13.0. The van der Waals surface area contributed by atoms with Crippen molar-refractivity contribution in [2.45, 2.75) is 19.4 Å². The second-order valence-corrected chi connectivity index (χ2v) is 6.49. The number of carbonyl (C=O) groups is 1. The molecule has 2 heterocycles. The third kappa shape index (κ3) is 4.31. The van der Waals surface area contributed by atoms with Gasteiger partial charge in [0.2, 0.25) is 12.7 Å². The standard InChI is InChI=1S/C22H21NO4/c24-22(14-18-8-9-20-21(13-18)27-16-26-20)23(15-19-7-4-12-25-19)11-10-17-5-2-1-3-6-17/h1-9,12-13H,10-11,14-16H2. The van der Waals surface area contributed by atoms with Crippen LogP contribution in [0.4, 0.5) is 0 Å². The number of hydrogen-bond donors (Lipinski definition) is 0. The summed E-state index contributed by atoms with van der Waals surface area (Å²) in [5.74, 6) is 2.26. The Balaban J connectivity index is 1.45. The Hall–Kier alpha value is -3.21. The van der Waals surface area contributed by atoms with Gasteiger partial charge in [0.15, 0.2) is 11.5 Å². The molecule has 0 bridgehead atoms. The fraction of sp³-hybridized carbons (Fsp3) is 0.227. The summed E-state index contributed by atoms with van der Waals surface area (Å²) in [6, 6.07) is 19.6. The van der Waals surface area contributed by atoms with E-state index in [0.29, 0.717) is 25.3 Å². The summed E-state index contributed by atoms with van der Waals surface area (Å²) in [5.41, 5.74) is 2.12. The van der Waals surface area contributed by atoms with Crippen molar-refractivity contribution >= 4 is 5.91 Å². The minimum Gasteiger partial charge on any atom is -0.467 e. The molecule has 1 aliphatic heterocycles. The van der Waals surface area contributed by atoms with Crippen LogP contribution in [0.15, 0.2) is 71.3 Å². The van der Waals surface area contributed by atoms with E-state index < -0.39 is 0 Å². The summed E-state index contributed by atoms with van der Waals surface area (Å²) in [7, 11) is 0. The van der Waals surface area contributed by atoms with Crippen molar-refractivity contribution in [2.24, 2.45) is 0 Å². The van der Waals surface area contributed by atoms with Gasteiger partial charge in [-0.3, -0.25) is 4.79 Å². The van der Waals surface area contributed by atoms with Crippen LogP contribution < -0.4 is 9.47 Å². The van der Waals surface area contributed by atoms with E-state index in [4.69, 9.17) is 13.9 Å². The molecule has 0 saturated heterocycles. The molecule has 0 spiro atoms. The second kappa shape index (κ2) is 7.99. The van der Waals surface area contributed by atoms with Crippen molar-refractivity contribution < 1.29 is 18.7 Å². The van der Waals surface area contributed by atoms with Gasteiger partial charge in [-0.1, -0.05) is 36.4 Å². The van der Waals surface area contributed by atoms with Crippen LogP contribution in [-0.2, 0) is 24.2 Å². The minimum atomic E-state index is 0.0567. The van der Waals surface area contributed by atoms with Gasteiger partial charge in [-0.05, 0) is 41.8 Å². The Morgan fingerprint density at radius 2 is 1.78 bits per heavy atom. The molecular formula is C22H21NO4. The van der Waals surface area contributed by atoms with Gasteiger partial charge in [0, 0.05) is 6.54 Å². The molecule has 27 heavy (non-hydrogen) atoms. The zero-order valence-electron chi connectivity index (χ0n) is 15.0. The number of nitrogens with zero attached hydrogens (tertiary/aromatic N) is 1. The summed E-state index contributed by atoms with van der Waals surface area (Å²) >= 11 is 0. The van der Waals surface area contributed by atoms with Crippen LogP contribution in [0.1, 0.15) is 16.9 Å². The molecule has 0 radical (unpaired) electrons. The normalized spacial score (nSPS) is 12.1. The number of rotatable bonds is 7. The van der Waals surface area contributed by atoms with Gasteiger partial charge in [-0.15, -0.1) is 0 Å². The van der Waals surface area contributed by atoms with Crippen molar-refractivity contribution in [3.63, 3.8) is 0 Å². The van der Waals surface area contributed by atoms with E-state index in [-0.39, 0.29) is 12.7 Å². The third-order valence-electron chi connectivity index (χ3n) is 4.59. The van der Waals surface area contributed by atoms with Gasteiger partial charge in [0.05, 0.1) is 19.2 Å². The number of ether oxygens (including phenoxy) is 2. The van der Waals surface area contributed by atoms with Gasteiger partial charge in [-0.2, -0.15) is 0 Å². The summed E-state index contributed by atoms with van der Waals surface area (Å²) in [6.07, 6.45) is 2.74. The quantitative estimate of drug-likeness (QED) is 0.640. The molecule has 138 valence electrons. The summed E-state index contributed by atoms with van der Waals surface area (Å²) in [4.78, 5) is 14.8. The molecule has 1 amide bonds. The van der Waals surface area contributed by atoms with Crippen LogP contribution >= 0.6 is 0 Å². The van der Waals surface area contributed by atoms with Crippen molar-refractivity contribution in [3.05, 3.63) is 83.8 Å². The van der Waals surface area contributed by atoms with E-state index >= 15 is 0 Å². The predicted octanol–water partition coefficient (Wildman–Crippen LogP) is 3.82. The lowest BCUT2D eigenvalue weighted by Crippen LogP contribution is -2.33. The Labute approximate surface area is 158 Å². The largest absolute Gasteiger partial charge is 0.467 e. The number of fused-ring (bicyclic) bond motifs is 1. The SMILES string of the molecule is O=C(Cc1ccc2c(c1)OCO2)N(CCc1ccccc1)Cc1ccco1. The summed E-state index contributed by atoms with van der Waals surface area (Å²) < 4.78 is 16.2. The highest BCUT2D eigenvalue weighted by Gasteiger charge is 2.18. The lowest BCUT2D eigenvalue weighted by molar-refractivity contribution is -0.131. The van der Waals surface area contributed by atoms with Crippen LogP contribution in [0.25, 0.3) is 0 Å². The molecular weight excluding hydrogens is 342 g/mol. The zero-order chi connectivity index (χ0) is 18.5. The highest BCUT2D eigenvalue weighted by atomic mass is 16.7. The average Bonchev–Trinajstić information content (AvgIpc) is 3.37. The molecule has 0 fully saturated rings. The van der Waals surface area contributed by atoms with Gasteiger partial charge in [0.1, 0.15) is 5.76 Å². The van der Waals surface area contributed by atoms with E-state index in [0.717, 1.165) is 23.5 Å². The molecule has 0 atom stereocenters. The molecule has 0 N–H and O–H groups in total. The van der Waals surface area contributed by atoms with Crippen molar-refractivity contribution in [2.75, 3.05) is 13.3 Å². The van der Waals surface area contributed by atoms with Crippen molar-refractivity contribution in [3.8, 4) is 11.5 Å². The van der Waals surface area contributed by atoms with E-state index in [1.54, 1.807) is 6.26 Å². The molecule has 0 saturated carbocycles. The van der Waals surface area contributed by atoms with Crippen LogP contribution in [-0.4, -0.2) is 24.1 Å². The molecule has 4 rings (SSSR count). The fourth-order valence-corrected chi connectivity index (χ4v) is 3.13. The Bertz CT molecular complexity index is 890. The summed E-state index contributed by atoms with van der Waals surface area (Å²) in [6.45, 7) is 1.33. The predicted molar refractivity (Wildman–Crippen MR) is 101 cm³/mol. The van der Waals surface area contributed by atoms with E-state index in [1.165, 1.54) is 5.56 Å². The Kier molecular flexibility index (Phi) is 5.10. The molecule has 1 aromatic heterocycles. The van der Waals surface area contributed by atoms with Crippen LogP contribution in [0.3, 0.4) is 0 Å². The fourth-order valence-electron chi connectivity index (χ4n) is 3.13. The van der Waals surface area contributed by atoms with Crippen LogP contribution in [0, 0.1) is 0 Å². The van der Waals surface area contributed by atoms with E-state index in [9.17, 15) is 4.79 Å². The van der Waals surface area contributed by atoms with Crippen LogP contribution in [0.5, 0.6) is 11.5 Å². The number of benzene rings is 2. The van der Waals surface area contributed by atoms with Gasteiger partial charge in [-0.25, -0.2) is 0 Å². The third-order valence-corrected chi connectivity index (χ3v) is 4.59. The summed E-state index contributed by atoms with van der Waals surface area (Å²) in [5, 5.41) is 0. The minimum absolute atomic E-state index is 0.0567. The molecule has 1 aliphatic rings. The highest BCUT2D eigenvalue weighted by Crippen LogP contribution is 2.32. The van der Waals surface area contributed by atoms with E-state index in [1.807, 2.05) is 53.4 Å². The van der Waals surface area contributed by atoms with Crippen molar-refractivity contribution in [1.82, 2.24) is 4.90 Å². The molecule has 0 aliphatic carbocycles. The molecule has 5 heteroatoms. The maximum absolute atomic E-state index is 13.0. The van der Waals surface area contributed by atoms with Gasteiger partial charge in [0.25, 0.3) is 0 Å². The molecule has 3 aromatic rings. The van der Waals surface area contributed by atoms with Crippen molar-refractivity contribution in [1.29, 1.82) is 0 Å². The first-order valence-electron chi connectivity index (χ1n) is 9.00. The maximum Gasteiger partial charge on any atom is 0.231 e. The van der Waals surface area contributed by atoms with E-state index in [2.05, 4.69) is 12.1 Å². The first-order valence-corrected chi connectivity index (χ1v) is 9.00. The number of amides is 1. The van der Waals surface area contributed by atoms with Gasteiger partial charge < -0.3 is 18.8 Å². The molecule has 0 unspecified atom stereocenters. The monoisotopic (exact) mass is 363 g/mol. The average molecular weight is 363 g/mol. The molecule has 2 aromatic carbocycles.